The number of carbonyl (C=O) groups excluding carboxylic acids is 1. The largest absolute Gasteiger partial charge is 0.464 e. The summed E-state index contributed by atoms with van der Waals surface area (Å²) in [6.07, 6.45) is 5.24. The van der Waals surface area contributed by atoms with Crippen molar-refractivity contribution >= 4 is 17.5 Å². The van der Waals surface area contributed by atoms with Gasteiger partial charge in [-0.05, 0) is 32.0 Å². The number of pyridine rings is 1. The molecule has 21 heavy (non-hydrogen) atoms. The van der Waals surface area contributed by atoms with Crippen LogP contribution in [0, 0.1) is 0 Å². The van der Waals surface area contributed by atoms with Crippen LogP contribution in [0.15, 0.2) is 12.1 Å². The second kappa shape index (κ2) is 7.26. The first kappa shape index (κ1) is 15.6. The Hall–Kier alpha value is -1.82. The van der Waals surface area contributed by atoms with Crippen LogP contribution in [0.4, 0.5) is 11.5 Å². The van der Waals surface area contributed by atoms with Crippen LogP contribution < -0.4 is 11.1 Å². The molecular weight excluding hydrogens is 268 g/mol. The molecule has 0 saturated heterocycles. The zero-order valence-corrected chi connectivity index (χ0v) is 12.8. The number of carbonyl (C=O) groups is 1. The molecule has 0 aromatic carbocycles. The van der Waals surface area contributed by atoms with Gasteiger partial charge in [-0.25, -0.2) is 9.78 Å². The molecule has 1 fully saturated rings. The van der Waals surface area contributed by atoms with Gasteiger partial charge >= 0.3 is 5.97 Å². The van der Waals surface area contributed by atoms with Crippen molar-refractivity contribution in [2.45, 2.75) is 31.7 Å². The predicted octanol–water partition coefficient (Wildman–Crippen LogP) is 1.74. The summed E-state index contributed by atoms with van der Waals surface area (Å²) < 4.78 is 4.66. The third-order valence-electron chi connectivity index (χ3n) is 4.03. The lowest BCUT2D eigenvalue weighted by Crippen LogP contribution is -2.33. The predicted molar refractivity (Wildman–Crippen MR) is 83.4 cm³/mol. The number of rotatable bonds is 6. The SMILES string of the molecule is COC(=O)c1ccc(N)c(NCCN(C)C2CCCC2)n1. The molecule has 0 bridgehead atoms. The van der Waals surface area contributed by atoms with Crippen molar-refractivity contribution < 1.29 is 9.53 Å². The van der Waals surface area contributed by atoms with Crippen molar-refractivity contribution in [1.82, 2.24) is 9.88 Å². The molecule has 116 valence electrons. The Kier molecular flexibility index (Phi) is 5.38. The number of nitrogens with zero attached hydrogens (tertiary/aromatic N) is 2. The van der Waals surface area contributed by atoms with Crippen molar-refractivity contribution in [3.63, 3.8) is 0 Å². The smallest absolute Gasteiger partial charge is 0.356 e. The van der Waals surface area contributed by atoms with Gasteiger partial charge in [-0.1, -0.05) is 12.8 Å². The first-order valence-corrected chi connectivity index (χ1v) is 7.40. The summed E-state index contributed by atoms with van der Waals surface area (Å²) in [7, 11) is 3.49. The van der Waals surface area contributed by atoms with Crippen molar-refractivity contribution in [3.8, 4) is 0 Å². The van der Waals surface area contributed by atoms with E-state index in [1.807, 2.05) is 0 Å². The number of aromatic nitrogens is 1. The normalized spacial score (nSPS) is 15.4. The number of nitrogens with one attached hydrogen (secondary N) is 1. The lowest BCUT2D eigenvalue weighted by atomic mass is 10.2. The van der Waals surface area contributed by atoms with Crippen molar-refractivity contribution in [2.24, 2.45) is 0 Å². The number of nitrogens with two attached hydrogens (primary N) is 1. The second-order valence-corrected chi connectivity index (χ2v) is 5.47. The molecule has 1 heterocycles. The van der Waals surface area contributed by atoms with Gasteiger partial charge in [-0.15, -0.1) is 0 Å². The minimum atomic E-state index is -0.457. The first-order chi connectivity index (χ1) is 10.1. The van der Waals surface area contributed by atoms with Crippen LogP contribution in [0.2, 0.25) is 0 Å². The zero-order valence-electron chi connectivity index (χ0n) is 12.8. The Balaban J connectivity index is 1.88. The standard InChI is InChI=1S/C15H24N4O2/c1-19(11-5-3-4-6-11)10-9-17-14-12(16)7-8-13(18-14)15(20)21-2/h7-8,11H,3-6,9-10,16H2,1-2H3,(H,17,18). The highest BCUT2D eigenvalue weighted by molar-refractivity contribution is 5.88. The molecule has 0 amide bonds. The monoisotopic (exact) mass is 292 g/mol. The molecule has 1 aliphatic rings. The fourth-order valence-corrected chi connectivity index (χ4v) is 2.71. The van der Waals surface area contributed by atoms with Gasteiger partial charge in [0.15, 0.2) is 5.69 Å². The highest BCUT2D eigenvalue weighted by Gasteiger charge is 2.19. The van der Waals surface area contributed by atoms with Crippen LogP contribution in [0.1, 0.15) is 36.2 Å². The van der Waals surface area contributed by atoms with E-state index in [0.717, 1.165) is 13.1 Å². The fraction of sp³-hybridized carbons (Fsp3) is 0.600. The third kappa shape index (κ3) is 4.07. The van der Waals surface area contributed by atoms with Gasteiger partial charge in [0.2, 0.25) is 0 Å². The summed E-state index contributed by atoms with van der Waals surface area (Å²) in [6, 6.07) is 3.93. The summed E-state index contributed by atoms with van der Waals surface area (Å²) in [6.45, 7) is 1.67. The van der Waals surface area contributed by atoms with E-state index in [-0.39, 0.29) is 5.69 Å². The highest BCUT2D eigenvalue weighted by atomic mass is 16.5. The minimum Gasteiger partial charge on any atom is -0.464 e. The van der Waals surface area contributed by atoms with E-state index < -0.39 is 5.97 Å². The lowest BCUT2D eigenvalue weighted by molar-refractivity contribution is 0.0594. The number of ether oxygens (including phenoxy) is 1. The molecule has 0 atom stereocenters. The molecule has 0 aliphatic heterocycles. The van der Waals surface area contributed by atoms with E-state index in [4.69, 9.17) is 5.73 Å². The summed E-state index contributed by atoms with van der Waals surface area (Å²) >= 11 is 0. The van der Waals surface area contributed by atoms with E-state index >= 15 is 0 Å². The average Bonchev–Trinajstić information content (AvgIpc) is 3.02. The number of methoxy groups -OCH3 is 1. The van der Waals surface area contributed by atoms with Crippen LogP contribution in [0.25, 0.3) is 0 Å². The zero-order chi connectivity index (χ0) is 15.2. The topological polar surface area (TPSA) is 80.5 Å². The average molecular weight is 292 g/mol. The van der Waals surface area contributed by atoms with Crippen LogP contribution in [0.5, 0.6) is 0 Å². The molecule has 0 radical (unpaired) electrons. The minimum absolute atomic E-state index is 0.262. The molecule has 3 N–H and O–H groups in total. The fourth-order valence-electron chi connectivity index (χ4n) is 2.71. The number of hydrogen-bond acceptors (Lipinski definition) is 6. The van der Waals surface area contributed by atoms with Gasteiger partial charge in [-0.2, -0.15) is 0 Å². The van der Waals surface area contributed by atoms with Crippen LogP contribution in [0.3, 0.4) is 0 Å². The summed E-state index contributed by atoms with van der Waals surface area (Å²) in [5.41, 5.74) is 6.68. The van der Waals surface area contributed by atoms with Crippen LogP contribution >= 0.6 is 0 Å². The Morgan fingerprint density at radius 3 is 2.86 bits per heavy atom. The highest BCUT2D eigenvalue weighted by Crippen LogP contribution is 2.22. The van der Waals surface area contributed by atoms with Crippen LogP contribution in [-0.2, 0) is 4.74 Å². The number of esters is 1. The first-order valence-electron chi connectivity index (χ1n) is 7.40. The summed E-state index contributed by atoms with van der Waals surface area (Å²) in [5, 5.41) is 3.20. The van der Waals surface area contributed by atoms with E-state index in [0.29, 0.717) is 17.5 Å². The maximum atomic E-state index is 11.5. The summed E-state index contributed by atoms with van der Waals surface area (Å²) in [4.78, 5) is 18.1. The van der Waals surface area contributed by atoms with Crippen molar-refractivity contribution in [1.29, 1.82) is 0 Å². The molecule has 1 aromatic heterocycles. The van der Waals surface area contributed by atoms with Gasteiger partial charge in [-0.3, -0.25) is 0 Å². The van der Waals surface area contributed by atoms with E-state index in [9.17, 15) is 4.79 Å². The third-order valence-corrected chi connectivity index (χ3v) is 4.03. The molecule has 6 nitrogen and oxygen atoms in total. The molecular formula is C15H24N4O2. The van der Waals surface area contributed by atoms with E-state index in [2.05, 4.69) is 27.0 Å². The molecule has 0 spiro atoms. The molecule has 1 aromatic rings. The molecule has 1 saturated carbocycles. The Morgan fingerprint density at radius 2 is 2.19 bits per heavy atom. The van der Waals surface area contributed by atoms with Crippen LogP contribution in [-0.4, -0.2) is 49.1 Å². The summed E-state index contributed by atoms with van der Waals surface area (Å²) in [5.74, 6) is 0.0823. The van der Waals surface area contributed by atoms with Gasteiger partial charge in [0.25, 0.3) is 0 Å². The number of anilines is 2. The van der Waals surface area contributed by atoms with Gasteiger partial charge in [0, 0.05) is 19.1 Å². The van der Waals surface area contributed by atoms with E-state index in [1.165, 1.54) is 32.8 Å². The Bertz CT molecular complexity index is 487. The number of nitrogen functional groups attached to an aromatic ring is 1. The van der Waals surface area contributed by atoms with Gasteiger partial charge in [0.1, 0.15) is 5.82 Å². The maximum Gasteiger partial charge on any atom is 0.356 e. The lowest BCUT2D eigenvalue weighted by Gasteiger charge is -2.24. The maximum absolute atomic E-state index is 11.5. The molecule has 0 unspecified atom stereocenters. The molecule has 1 aliphatic carbocycles. The number of hydrogen-bond donors (Lipinski definition) is 2. The van der Waals surface area contributed by atoms with E-state index in [1.54, 1.807) is 12.1 Å². The van der Waals surface area contributed by atoms with Crippen molar-refractivity contribution in [3.05, 3.63) is 17.8 Å². The molecule has 2 rings (SSSR count). The second-order valence-electron chi connectivity index (χ2n) is 5.47. The van der Waals surface area contributed by atoms with Gasteiger partial charge in [0.05, 0.1) is 12.8 Å². The molecule has 6 heteroatoms. The van der Waals surface area contributed by atoms with Crippen molar-refractivity contribution in [2.75, 3.05) is 38.3 Å². The number of likely N-dealkylation sites (N-methyl/N-ethyl adjacent to an activating group) is 1. The van der Waals surface area contributed by atoms with Gasteiger partial charge < -0.3 is 20.7 Å². The quantitative estimate of drug-likeness (QED) is 0.777. The Morgan fingerprint density at radius 1 is 1.48 bits per heavy atom. The Labute approximate surface area is 125 Å².